The number of hydrogen-bond acceptors (Lipinski definition) is 6. The van der Waals surface area contributed by atoms with Gasteiger partial charge in [0.15, 0.2) is 0 Å². The zero-order valence-electron chi connectivity index (χ0n) is 11.7. The summed E-state index contributed by atoms with van der Waals surface area (Å²) in [6.45, 7) is 7.07. The summed E-state index contributed by atoms with van der Waals surface area (Å²) in [4.78, 5) is 21.4. The molecule has 0 aliphatic heterocycles. The molecular formula is C13H24O6. The molecule has 0 spiro atoms. The van der Waals surface area contributed by atoms with E-state index in [4.69, 9.17) is 24.7 Å². The van der Waals surface area contributed by atoms with Crippen molar-refractivity contribution in [3.05, 3.63) is 12.2 Å². The van der Waals surface area contributed by atoms with E-state index in [-0.39, 0.29) is 13.2 Å². The van der Waals surface area contributed by atoms with Crippen LogP contribution < -0.4 is 0 Å². The minimum atomic E-state index is -1.21. The summed E-state index contributed by atoms with van der Waals surface area (Å²) in [5, 5.41) is 18.3. The number of ether oxygens (including phenoxy) is 1. The highest BCUT2D eigenvalue weighted by Gasteiger charge is 2.37. The molecule has 0 unspecified atom stereocenters. The number of aliphatic hydroxyl groups is 2. The van der Waals surface area contributed by atoms with Crippen molar-refractivity contribution in [3.63, 3.8) is 0 Å². The summed E-state index contributed by atoms with van der Waals surface area (Å²) < 4.78 is 5.00. The minimum absolute atomic E-state index is 0.150. The molecule has 0 aliphatic rings. The van der Waals surface area contributed by atoms with E-state index >= 15 is 0 Å². The van der Waals surface area contributed by atoms with Crippen LogP contribution in [-0.4, -0.2) is 49.2 Å². The van der Waals surface area contributed by atoms with Gasteiger partial charge in [-0.2, -0.15) is 0 Å². The molecule has 0 aromatic carbocycles. The number of carbonyl (C=O) groups excluding carboxylic acids is 1. The standard InChI is InChI=1S/C13H24O6/c1-4-13(9-14,10-15)12(16)17-6-5-7-18-19-8-11(2)3/h14-15H,2,4-10H2,1,3H3. The average molecular weight is 276 g/mol. The van der Waals surface area contributed by atoms with Gasteiger partial charge in [0.25, 0.3) is 0 Å². The van der Waals surface area contributed by atoms with Crippen LogP contribution in [0.3, 0.4) is 0 Å². The Kier molecular flexibility index (Phi) is 9.42. The van der Waals surface area contributed by atoms with Gasteiger partial charge in [0.05, 0.1) is 26.4 Å². The first-order chi connectivity index (χ1) is 9.02. The normalized spacial score (nSPS) is 11.4. The molecule has 2 N–H and O–H groups in total. The Balaban J connectivity index is 3.76. The molecular weight excluding hydrogens is 252 g/mol. The molecule has 112 valence electrons. The second kappa shape index (κ2) is 9.91. The van der Waals surface area contributed by atoms with Crippen molar-refractivity contribution >= 4 is 5.97 Å². The first-order valence-corrected chi connectivity index (χ1v) is 6.30. The molecule has 0 aromatic rings. The number of hydrogen-bond donors (Lipinski definition) is 2. The lowest BCUT2D eigenvalue weighted by Crippen LogP contribution is -2.39. The van der Waals surface area contributed by atoms with E-state index in [0.29, 0.717) is 19.4 Å². The van der Waals surface area contributed by atoms with Crippen LogP contribution in [0.15, 0.2) is 12.2 Å². The van der Waals surface area contributed by atoms with Crippen LogP contribution in [0.2, 0.25) is 0 Å². The minimum Gasteiger partial charge on any atom is -0.465 e. The van der Waals surface area contributed by atoms with Gasteiger partial charge < -0.3 is 14.9 Å². The maximum Gasteiger partial charge on any atom is 0.316 e. The third-order valence-corrected chi connectivity index (χ3v) is 2.71. The van der Waals surface area contributed by atoms with E-state index in [9.17, 15) is 4.79 Å². The third kappa shape index (κ3) is 6.68. The Morgan fingerprint density at radius 3 is 2.32 bits per heavy atom. The Bertz CT molecular complexity index is 264. The quantitative estimate of drug-likeness (QED) is 0.191. The highest BCUT2D eigenvalue weighted by Crippen LogP contribution is 2.22. The number of aliphatic hydroxyl groups excluding tert-OH is 2. The highest BCUT2D eigenvalue weighted by atomic mass is 17.2. The average Bonchev–Trinajstić information content (AvgIpc) is 2.40. The predicted octanol–water partition coefficient (Wildman–Crippen LogP) is 0.825. The maximum absolute atomic E-state index is 11.7. The van der Waals surface area contributed by atoms with Crippen LogP contribution in [0.5, 0.6) is 0 Å². The van der Waals surface area contributed by atoms with E-state index < -0.39 is 24.6 Å². The van der Waals surface area contributed by atoms with Crippen molar-refractivity contribution in [1.29, 1.82) is 0 Å². The van der Waals surface area contributed by atoms with Crippen molar-refractivity contribution in [2.24, 2.45) is 5.41 Å². The van der Waals surface area contributed by atoms with Gasteiger partial charge in [-0.25, -0.2) is 9.78 Å². The van der Waals surface area contributed by atoms with Crippen LogP contribution in [-0.2, 0) is 19.3 Å². The summed E-state index contributed by atoms with van der Waals surface area (Å²) in [5.74, 6) is -0.595. The molecule has 0 atom stereocenters. The molecule has 6 heteroatoms. The number of rotatable bonds is 11. The van der Waals surface area contributed by atoms with Crippen LogP contribution in [0, 0.1) is 5.41 Å². The molecule has 0 fully saturated rings. The van der Waals surface area contributed by atoms with Gasteiger partial charge in [0.2, 0.25) is 0 Å². The molecule has 19 heavy (non-hydrogen) atoms. The van der Waals surface area contributed by atoms with Crippen molar-refractivity contribution in [2.45, 2.75) is 26.7 Å². The number of carbonyl (C=O) groups is 1. The van der Waals surface area contributed by atoms with Gasteiger partial charge in [-0.3, -0.25) is 4.79 Å². The van der Waals surface area contributed by atoms with Gasteiger partial charge in [-0.15, -0.1) is 0 Å². The van der Waals surface area contributed by atoms with Crippen LogP contribution in [0.25, 0.3) is 0 Å². The van der Waals surface area contributed by atoms with Gasteiger partial charge in [-0.1, -0.05) is 19.1 Å². The largest absolute Gasteiger partial charge is 0.465 e. The lowest BCUT2D eigenvalue weighted by Gasteiger charge is -2.25. The molecule has 0 saturated carbocycles. The van der Waals surface area contributed by atoms with Gasteiger partial charge in [0, 0.05) is 6.42 Å². The first-order valence-electron chi connectivity index (χ1n) is 6.30. The van der Waals surface area contributed by atoms with E-state index in [0.717, 1.165) is 5.57 Å². The fraction of sp³-hybridized carbons (Fsp3) is 0.769. The molecule has 6 nitrogen and oxygen atoms in total. The van der Waals surface area contributed by atoms with Crippen molar-refractivity contribution in [2.75, 3.05) is 33.0 Å². The zero-order chi connectivity index (χ0) is 14.7. The SMILES string of the molecule is C=C(C)COOCCCOC(=O)C(CC)(CO)CO. The Morgan fingerprint density at radius 2 is 1.84 bits per heavy atom. The lowest BCUT2D eigenvalue weighted by molar-refractivity contribution is -0.289. The third-order valence-electron chi connectivity index (χ3n) is 2.71. The molecule has 0 bridgehead atoms. The summed E-state index contributed by atoms with van der Waals surface area (Å²) >= 11 is 0. The second-order valence-corrected chi connectivity index (χ2v) is 4.48. The molecule has 0 heterocycles. The summed E-state index contributed by atoms with van der Waals surface area (Å²) in [6.07, 6.45) is 0.787. The van der Waals surface area contributed by atoms with Gasteiger partial charge in [-0.05, 0) is 13.3 Å². The Hall–Kier alpha value is -0.950. The molecule has 0 aliphatic carbocycles. The Morgan fingerprint density at radius 1 is 1.21 bits per heavy atom. The van der Waals surface area contributed by atoms with Crippen LogP contribution >= 0.6 is 0 Å². The predicted molar refractivity (Wildman–Crippen MR) is 69.2 cm³/mol. The molecule has 0 rings (SSSR count). The van der Waals surface area contributed by atoms with Crippen molar-refractivity contribution in [3.8, 4) is 0 Å². The smallest absolute Gasteiger partial charge is 0.316 e. The molecule has 0 radical (unpaired) electrons. The fourth-order valence-corrected chi connectivity index (χ4v) is 1.18. The maximum atomic E-state index is 11.7. The lowest BCUT2D eigenvalue weighted by atomic mass is 9.87. The molecule has 0 aromatic heterocycles. The van der Waals surface area contributed by atoms with Crippen LogP contribution in [0.4, 0.5) is 0 Å². The van der Waals surface area contributed by atoms with Crippen LogP contribution in [0.1, 0.15) is 26.7 Å². The zero-order valence-corrected chi connectivity index (χ0v) is 11.7. The van der Waals surface area contributed by atoms with E-state index in [1.165, 1.54) is 0 Å². The van der Waals surface area contributed by atoms with E-state index in [1.54, 1.807) is 6.92 Å². The highest BCUT2D eigenvalue weighted by molar-refractivity contribution is 5.77. The van der Waals surface area contributed by atoms with E-state index in [1.807, 2.05) is 6.92 Å². The van der Waals surface area contributed by atoms with Crippen molar-refractivity contribution in [1.82, 2.24) is 0 Å². The first kappa shape index (κ1) is 18.0. The molecule has 0 amide bonds. The topological polar surface area (TPSA) is 85.2 Å². The monoisotopic (exact) mass is 276 g/mol. The summed E-state index contributed by atoms with van der Waals surface area (Å²) in [6, 6.07) is 0. The summed E-state index contributed by atoms with van der Waals surface area (Å²) in [7, 11) is 0. The van der Waals surface area contributed by atoms with Crippen molar-refractivity contribution < 1.29 is 29.5 Å². The van der Waals surface area contributed by atoms with Gasteiger partial charge >= 0.3 is 5.97 Å². The second-order valence-electron chi connectivity index (χ2n) is 4.48. The van der Waals surface area contributed by atoms with Gasteiger partial charge in [0.1, 0.15) is 12.0 Å². The summed E-state index contributed by atoms with van der Waals surface area (Å²) in [5.41, 5.74) is -0.359. The van der Waals surface area contributed by atoms with E-state index in [2.05, 4.69) is 6.58 Å². The molecule has 0 saturated heterocycles. The number of esters is 1. The fourth-order valence-electron chi connectivity index (χ4n) is 1.18. The Labute approximate surface area is 113 Å².